The molecule has 1 aliphatic heterocycles. The summed E-state index contributed by atoms with van der Waals surface area (Å²) in [7, 11) is 1.50. The van der Waals surface area contributed by atoms with Crippen molar-refractivity contribution in [2.75, 3.05) is 25.6 Å². The first-order valence-corrected chi connectivity index (χ1v) is 13.7. The van der Waals surface area contributed by atoms with Crippen LogP contribution in [0, 0.1) is 0 Å². The van der Waals surface area contributed by atoms with Crippen molar-refractivity contribution in [1.29, 1.82) is 0 Å². The highest BCUT2D eigenvalue weighted by atomic mass is 35.5. The number of nitrogens with zero attached hydrogens (tertiary/aromatic N) is 2. The molecular formula is C29H26ClN3O7S. The van der Waals surface area contributed by atoms with Crippen LogP contribution in [0.1, 0.15) is 34.8 Å². The van der Waals surface area contributed by atoms with Crippen LogP contribution in [0.3, 0.4) is 0 Å². The average molecular weight is 596 g/mol. The molecule has 2 heterocycles. The number of carbonyl (C=O) groups excluding carboxylic acids is 4. The molecule has 1 fully saturated rings. The lowest BCUT2D eigenvalue weighted by molar-refractivity contribution is -0.127. The number of amides is 3. The first-order chi connectivity index (χ1) is 19.8. The Morgan fingerprint density at radius 1 is 1.07 bits per heavy atom. The molecule has 0 unspecified atom stereocenters. The summed E-state index contributed by atoms with van der Waals surface area (Å²) in [4.78, 5) is 55.4. The van der Waals surface area contributed by atoms with Gasteiger partial charge in [-0.15, -0.1) is 0 Å². The van der Waals surface area contributed by atoms with Crippen molar-refractivity contribution in [1.82, 2.24) is 9.88 Å². The van der Waals surface area contributed by atoms with Crippen LogP contribution in [-0.4, -0.2) is 53.2 Å². The largest absolute Gasteiger partial charge is 0.493 e. The summed E-state index contributed by atoms with van der Waals surface area (Å²) in [5, 5.41) is 2.17. The number of anilines is 1. The van der Waals surface area contributed by atoms with Gasteiger partial charge in [-0.25, -0.2) is 4.79 Å². The van der Waals surface area contributed by atoms with E-state index < -0.39 is 29.6 Å². The van der Waals surface area contributed by atoms with Crippen LogP contribution in [0.15, 0.2) is 65.8 Å². The van der Waals surface area contributed by atoms with E-state index >= 15 is 0 Å². The topological polar surface area (TPSA) is 124 Å². The molecule has 0 atom stereocenters. The van der Waals surface area contributed by atoms with Crippen LogP contribution in [-0.2, 0) is 20.9 Å². The predicted octanol–water partition coefficient (Wildman–Crippen LogP) is 5.56. The van der Waals surface area contributed by atoms with Gasteiger partial charge in [0.15, 0.2) is 11.5 Å². The summed E-state index contributed by atoms with van der Waals surface area (Å²) in [6, 6.07) is 13.1. The molecule has 2 aromatic carbocycles. The van der Waals surface area contributed by atoms with Crippen LogP contribution >= 0.6 is 23.4 Å². The van der Waals surface area contributed by atoms with Crippen molar-refractivity contribution >= 4 is 58.1 Å². The van der Waals surface area contributed by atoms with E-state index in [0.29, 0.717) is 30.1 Å². The average Bonchev–Trinajstić information content (AvgIpc) is 3.23. The van der Waals surface area contributed by atoms with Crippen molar-refractivity contribution in [3.05, 3.63) is 87.5 Å². The molecule has 4 rings (SSSR count). The molecule has 0 aliphatic carbocycles. The van der Waals surface area contributed by atoms with Gasteiger partial charge in [-0.05, 0) is 77.9 Å². The fourth-order valence-corrected chi connectivity index (χ4v) is 4.73. The first kappa shape index (κ1) is 29.6. The smallest absolute Gasteiger partial charge is 0.339 e. The lowest BCUT2D eigenvalue weighted by atomic mass is 10.2. The van der Waals surface area contributed by atoms with Crippen molar-refractivity contribution in [2.45, 2.75) is 20.0 Å². The molecule has 3 aromatic rings. The number of carbonyl (C=O) groups is 4. The molecule has 3 amide bonds. The quantitative estimate of drug-likeness (QED) is 0.224. The minimum atomic E-state index is -0.624. The maximum absolute atomic E-state index is 13.0. The van der Waals surface area contributed by atoms with Gasteiger partial charge < -0.3 is 19.5 Å². The highest BCUT2D eigenvalue weighted by molar-refractivity contribution is 8.18. The Kier molecular flexibility index (Phi) is 9.99. The Labute approximate surface area is 245 Å². The molecule has 1 aliphatic rings. The summed E-state index contributed by atoms with van der Waals surface area (Å²) in [6.07, 6.45) is 5.55. The molecule has 0 bridgehead atoms. The van der Waals surface area contributed by atoms with Gasteiger partial charge in [0.05, 0.1) is 29.2 Å². The second-order valence-electron chi connectivity index (χ2n) is 8.70. The van der Waals surface area contributed by atoms with E-state index in [0.717, 1.165) is 22.2 Å². The molecule has 212 valence electrons. The number of imide groups is 1. The summed E-state index contributed by atoms with van der Waals surface area (Å²) >= 11 is 6.82. The van der Waals surface area contributed by atoms with E-state index in [1.165, 1.54) is 25.3 Å². The Morgan fingerprint density at radius 3 is 2.59 bits per heavy atom. The van der Waals surface area contributed by atoms with E-state index in [2.05, 4.69) is 10.3 Å². The van der Waals surface area contributed by atoms with Crippen molar-refractivity contribution in [3.8, 4) is 11.5 Å². The monoisotopic (exact) mass is 595 g/mol. The van der Waals surface area contributed by atoms with E-state index in [1.54, 1.807) is 36.7 Å². The number of hydrogen-bond acceptors (Lipinski definition) is 9. The number of aromatic nitrogens is 1. The van der Waals surface area contributed by atoms with Crippen LogP contribution in [0.4, 0.5) is 10.5 Å². The molecule has 1 N–H and O–H groups in total. The summed E-state index contributed by atoms with van der Waals surface area (Å²) < 4.78 is 16.4. The van der Waals surface area contributed by atoms with E-state index in [-0.39, 0.29) is 27.8 Å². The van der Waals surface area contributed by atoms with Gasteiger partial charge in [-0.2, -0.15) is 0 Å². The number of methoxy groups -OCH3 is 1. The van der Waals surface area contributed by atoms with Gasteiger partial charge in [-0.1, -0.05) is 24.6 Å². The second-order valence-corrected chi connectivity index (χ2v) is 10.1. The van der Waals surface area contributed by atoms with E-state index in [1.807, 2.05) is 19.1 Å². The Balaban J connectivity index is 1.40. The third-order valence-corrected chi connectivity index (χ3v) is 6.95. The number of thioether (sulfide) groups is 1. The SMILES string of the molecule is CCCOC(=O)c1cc(NC(=O)CN2C(=O)S/C(=C/c3ccc(OCc4ccncc4)c(OC)c3)C2=O)ccc1Cl. The Morgan fingerprint density at radius 2 is 1.85 bits per heavy atom. The molecule has 0 spiro atoms. The van der Waals surface area contributed by atoms with Crippen LogP contribution in [0.25, 0.3) is 6.08 Å². The van der Waals surface area contributed by atoms with Gasteiger partial charge in [0.2, 0.25) is 5.91 Å². The zero-order chi connectivity index (χ0) is 29.4. The van der Waals surface area contributed by atoms with Crippen molar-refractivity contribution in [2.24, 2.45) is 0 Å². The van der Waals surface area contributed by atoms with Crippen LogP contribution < -0.4 is 14.8 Å². The molecule has 12 heteroatoms. The number of rotatable bonds is 11. The fourth-order valence-electron chi connectivity index (χ4n) is 3.70. The highest BCUT2D eigenvalue weighted by Crippen LogP contribution is 2.35. The van der Waals surface area contributed by atoms with E-state index in [4.69, 9.17) is 25.8 Å². The number of ether oxygens (including phenoxy) is 3. The molecular weight excluding hydrogens is 570 g/mol. The van der Waals surface area contributed by atoms with Gasteiger partial charge >= 0.3 is 5.97 Å². The first-order valence-electron chi connectivity index (χ1n) is 12.5. The lowest BCUT2D eigenvalue weighted by Crippen LogP contribution is -2.36. The number of benzene rings is 2. The number of hydrogen-bond donors (Lipinski definition) is 1. The minimum absolute atomic E-state index is 0.0937. The zero-order valence-electron chi connectivity index (χ0n) is 22.2. The minimum Gasteiger partial charge on any atom is -0.493 e. The second kappa shape index (κ2) is 13.8. The third-order valence-electron chi connectivity index (χ3n) is 5.71. The van der Waals surface area contributed by atoms with Gasteiger partial charge in [0, 0.05) is 18.1 Å². The number of halogens is 1. The van der Waals surface area contributed by atoms with Crippen LogP contribution in [0.2, 0.25) is 5.02 Å². The molecule has 10 nitrogen and oxygen atoms in total. The molecule has 1 aromatic heterocycles. The summed E-state index contributed by atoms with van der Waals surface area (Å²) in [5.74, 6) is -0.885. The summed E-state index contributed by atoms with van der Waals surface area (Å²) in [5.41, 5.74) is 1.91. The van der Waals surface area contributed by atoms with Crippen LogP contribution in [0.5, 0.6) is 11.5 Å². The Hall–Kier alpha value is -4.35. The lowest BCUT2D eigenvalue weighted by Gasteiger charge is -2.13. The maximum atomic E-state index is 13.0. The third kappa shape index (κ3) is 7.65. The number of nitrogens with one attached hydrogen (secondary N) is 1. The molecule has 0 radical (unpaired) electrons. The predicted molar refractivity (Wildman–Crippen MR) is 155 cm³/mol. The maximum Gasteiger partial charge on any atom is 0.339 e. The number of pyridine rings is 1. The van der Waals surface area contributed by atoms with Gasteiger partial charge in [0.1, 0.15) is 13.2 Å². The fraction of sp³-hybridized carbons (Fsp3) is 0.207. The highest BCUT2D eigenvalue weighted by Gasteiger charge is 2.36. The molecule has 41 heavy (non-hydrogen) atoms. The normalized spacial score (nSPS) is 13.8. The van der Waals surface area contributed by atoms with E-state index in [9.17, 15) is 19.2 Å². The zero-order valence-corrected chi connectivity index (χ0v) is 23.8. The van der Waals surface area contributed by atoms with Crippen molar-refractivity contribution in [3.63, 3.8) is 0 Å². The number of esters is 1. The van der Waals surface area contributed by atoms with Gasteiger partial charge in [0.25, 0.3) is 11.1 Å². The summed E-state index contributed by atoms with van der Waals surface area (Å²) in [6.45, 7) is 1.90. The van der Waals surface area contributed by atoms with Crippen molar-refractivity contribution < 1.29 is 33.4 Å². The molecule has 1 saturated heterocycles. The van der Waals surface area contributed by atoms with Gasteiger partial charge in [-0.3, -0.25) is 24.3 Å². The Bertz CT molecular complexity index is 1500. The standard InChI is InChI=1S/C29H26ClN3O7S/c1-3-12-39-28(36)21-15-20(5-6-22(21)30)32-26(34)16-33-27(35)25(41-29(33)37)14-19-4-7-23(24(13-19)38-2)40-17-18-8-10-31-11-9-18/h4-11,13-15H,3,12,16-17H2,1-2H3,(H,32,34)/b25-14+. The molecule has 0 saturated carbocycles.